The highest BCUT2D eigenvalue weighted by Gasteiger charge is 2.35. The highest BCUT2D eigenvalue weighted by molar-refractivity contribution is 5.92. The summed E-state index contributed by atoms with van der Waals surface area (Å²) in [7, 11) is 0. The van der Waals surface area contributed by atoms with E-state index in [9.17, 15) is 28.1 Å². The van der Waals surface area contributed by atoms with E-state index in [1.165, 1.54) is 0 Å². The summed E-state index contributed by atoms with van der Waals surface area (Å²) < 4.78 is 40.8. The summed E-state index contributed by atoms with van der Waals surface area (Å²) in [5.74, 6) is -0.455. The molecule has 34 heavy (non-hydrogen) atoms. The molecule has 0 atom stereocenters. The SMILES string of the molecule is O=C(Nc1cccc(Cn2ccnc2)c1)C1CCN(c2ccc(C(F)(F)F)cc2[N+](=O)[O-])CC1. The van der Waals surface area contributed by atoms with Crippen molar-refractivity contribution in [1.29, 1.82) is 0 Å². The van der Waals surface area contributed by atoms with Crippen LogP contribution in [0.4, 0.5) is 30.2 Å². The molecule has 0 unspecified atom stereocenters. The molecule has 8 nitrogen and oxygen atoms in total. The largest absolute Gasteiger partial charge is 0.416 e. The Morgan fingerprint density at radius 3 is 2.59 bits per heavy atom. The van der Waals surface area contributed by atoms with Gasteiger partial charge in [0.05, 0.1) is 16.8 Å². The van der Waals surface area contributed by atoms with Gasteiger partial charge in [0.2, 0.25) is 5.91 Å². The predicted octanol–water partition coefficient (Wildman–Crippen LogP) is 4.71. The van der Waals surface area contributed by atoms with Gasteiger partial charge >= 0.3 is 6.18 Å². The summed E-state index contributed by atoms with van der Waals surface area (Å²) in [6, 6.07) is 10.0. The second-order valence-electron chi connectivity index (χ2n) is 8.14. The van der Waals surface area contributed by atoms with E-state index in [1.807, 2.05) is 29.0 Å². The number of rotatable bonds is 6. The smallest absolute Gasteiger partial charge is 0.366 e. The number of carbonyl (C=O) groups is 1. The fraction of sp³-hybridized carbons (Fsp3) is 0.304. The van der Waals surface area contributed by atoms with Gasteiger partial charge in [0.15, 0.2) is 0 Å². The number of nitrogens with zero attached hydrogens (tertiary/aromatic N) is 4. The molecule has 2 heterocycles. The maximum absolute atomic E-state index is 13.0. The summed E-state index contributed by atoms with van der Waals surface area (Å²) >= 11 is 0. The Morgan fingerprint density at radius 2 is 1.94 bits per heavy atom. The molecule has 2 aromatic carbocycles. The van der Waals surface area contributed by atoms with Gasteiger partial charge in [0.25, 0.3) is 5.69 Å². The molecule has 1 amide bonds. The number of carbonyl (C=O) groups excluding carboxylic acids is 1. The van der Waals surface area contributed by atoms with Gasteiger partial charge in [-0.05, 0) is 42.7 Å². The Kier molecular flexibility index (Phi) is 6.53. The number of halogens is 3. The molecule has 11 heteroatoms. The van der Waals surface area contributed by atoms with Crippen LogP contribution in [0.15, 0.2) is 61.2 Å². The standard InChI is InChI=1S/C23H22F3N5O3/c24-23(25,26)18-4-5-20(21(13-18)31(33)34)30-9-6-17(7-10-30)22(32)28-19-3-1-2-16(12-19)14-29-11-8-27-15-29/h1-5,8,11-13,15,17H,6-7,9-10,14H2,(H,28,32). The Labute approximate surface area is 193 Å². The topological polar surface area (TPSA) is 93.3 Å². The van der Waals surface area contributed by atoms with Crippen molar-refractivity contribution < 1.29 is 22.9 Å². The maximum atomic E-state index is 13.0. The Bertz CT molecular complexity index is 1170. The summed E-state index contributed by atoms with van der Waals surface area (Å²) in [5, 5.41) is 14.3. The van der Waals surface area contributed by atoms with Gasteiger partial charge in [-0.1, -0.05) is 12.1 Å². The van der Waals surface area contributed by atoms with E-state index in [-0.39, 0.29) is 17.5 Å². The van der Waals surface area contributed by atoms with Crippen LogP contribution in [0.25, 0.3) is 0 Å². The lowest BCUT2D eigenvalue weighted by atomic mass is 9.95. The Hall–Kier alpha value is -3.89. The number of nitro groups is 1. The maximum Gasteiger partial charge on any atom is 0.416 e. The van der Waals surface area contributed by atoms with Crippen molar-refractivity contribution in [3.63, 3.8) is 0 Å². The third-order valence-electron chi connectivity index (χ3n) is 5.82. The van der Waals surface area contributed by atoms with E-state index in [2.05, 4.69) is 10.3 Å². The second-order valence-corrected chi connectivity index (χ2v) is 8.14. The number of nitrogens with one attached hydrogen (secondary N) is 1. The van der Waals surface area contributed by atoms with E-state index in [4.69, 9.17) is 0 Å². The summed E-state index contributed by atoms with van der Waals surface area (Å²) in [6.45, 7) is 1.27. The first-order chi connectivity index (χ1) is 16.2. The molecule has 178 valence electrons. The van der Waals surface area contributed by atoms with Crippen LogP contribution in [-0.4, -0.2) is 33.5 Å². The van der Waals surface area contributed by atoms with E-state index in [0.29, 0.717) is 44.2 Å². The third kappa shape index (κ3) is 5.36. The van der Waals surface area contributed by atoms with Crippen LogP contribution in [-0.2, 0) is 17.5 Å². The summed E-state index contributed by atoms with van der Waals surface area (Å²) in [4.78, 5) is 29.0. The predicted molar refractivity (Wildman–Crippen MR) is 119 cm³/mol. The van der Waals surface area contributed by atoms with Crippen LogP contribution in [0, 0.1) is 16.0 Å². The second kappa shape index (κ2) is 9.54. The van der Waals surface area contributed by atoms with Crippen LogP contribution < -0.4 is 10.2 Å². The van der Waals surface area contributed by atoms with Crippen LogP contribution in [0.2, 0.25) is 0 Å². The van der Waals surface area contributed by atoms with Gasteiger partial charge in [0, 0.05) is 49.7 Å². The van der Waals surface area contributed by atoms with Crippen LogP contribution in [0.1, 0.15) is 24.0 Å². The molecule has 0 radical (unpaired) electrons. The van der Waals surface area contributed by atoms with Crippen molar-refractivity contribution >= 4 is 23.0 Å². The lowest BCUT2D eigenvalue weighted by molar-refractivity contribution is -0.384. The van der Waals surface area contributed by atoms with Gasteiger partial charge in [-0.3, -0.25) is 14.9 Å². The highest BCUT2D eigenvalue weighted by Crippen LogP contribution is 2.37. The minimum absolute atomic E-state index is 0.129. The summed E-state index contributed by atoms with van der Waals surface area (Å²) in [6.07, 6.45) is 1.44. The quantitative estimate of drug-likeness (QED) is 0.413. The van der Waals surface area contributed by atoms with Gasteiger partial charge in [-0.15, -0.1) is 0 Å². The van der Waals surface area contributed by atoms with Crippen molar-refractivity contribution in [2.24, 2.45) is 5.92 Å². The molecule has 1 fully saturated rings. The molecular weight excluding hydrogens is 451 g/mol. The molecule has 1 aliphatic heterocycles. The molecule has 0 saturated carbocycles. The first-order valence-electron chi connectivity index (χ1n) is 10.7. The number of nitro benzene ring substituents is 1. The van der Waals surface area contributed by atoms with E-state index >= 15 is 0 Å². The Balaban J connectivity index is 1.38. The zero-order valence-electron chi connectivity index (χ0n) is 18.0. The lowest BCUT2D eigenvalue weighted by Crippen LogP contribution is -2.38. The molecule has 1 N–H and O–H groups in total. The van der Waals surface area contributed by atoms with Gasteiger partial charge in [-0.2, -0.15) is 13.2 Å². The van der Waals surface area contributed by atoms with Crippen molar-refractivity contribution in [2.45, 2.75) is 25.6 Å². The number of anilines is 2. The first-order valence-corrected chi connectivity index (χ1v) is 10.7. The monoisotopic (exact) mass is 473 g/mol. The van der Waals surface area contributed by atoms with E-state index in [0.717, 1.165) is 17.7 Å². The van der Waals surface area contributed by atoms with Gasteiger partial charge in [-0.25, -0.2) is 4.98 Å². The molecule has 1 saturated heterocycles. The fourth-order valence-electron chi connectivity index (χ4n) is 4.08. The molecule has 0 spiro atoms. The van der Waals surface area contributed by atoms with Gasteiger partial charge in [0.1, 0.15) is 5.69 Å². The van der Waals surface area contributed by atoms with Crippen molar-refractivity contribution in [2.75, 3.05) is 23.3 Å². The number of hydrogen-bond donors (Lipinski definition) is 1. The van der Waals surface area contributed by atoms with Crippen molar-refractivity contribution in [3.05, 3.63) is 82.4 Å². The number of hydrogen-bond acceptors (Lipinski definition) is 5. The molecule has 1 aromatic heterocycles. The number of amides is 1. The average molecular weight is 473 g/mol. The van der Waals surface area contributed by atoms with Crippen molar-refractivity contribution in [3.8, 4) is 0 Å². The van der Waals surface area contributed by atoms with Crippen LogP contribution in [0.3, 0.4) is 0 Å². The number of imidazole rings is 1. The van der Waals surface area contributed by atoms with E-state index < -0.39 is 22.4 Å². The van der Waals surface area contributed by atoms with Gasteiger partial charge < -0.3 is 14.8 Å². The average Bonchev–Trinajstić information content (AvgIpc) is 3.31. The first kappa shape index (κ1) is 23.3. The van der Waals surface area contributed by atoms with Crippen LogP contribution in [0.5, 0.6) is 0 Å². The molecule has 0 bridgehead atoms. The minimum Gasteiger partial charge on any atom is -0.366 e. The Morgan fingerprint density at radius 1 is 1.18 bits per heavy atom. The number of piperidine rings is 1. The zero-order chi connectivity index (χ0) is 24.3. The third-order valence-corrected chi connectivity index (χ3v) is 5.82. The molecule has 3 aromatic rings. The molecule has 0 aliphatic carbocycles. The molecular formula is C23H22F3N5O3. The fourth-order valence-corrected chi connectivity index (χ4v) is 4.08. The number of benzene rings is 2. The van der Waals surface area contributed by atoms with E-state index in [1.54, 1.807) is 23.5 Å². The normalized spacial score (nSPS) is 14.7. The number of aromatic nitrogens is 2. The van der Waals surface area contributed by atoms with Crippen LogP contribution >= 0.6 is 0 Å². The minimum atomic E-state index is -4.66. The highest BCUT2D eigenvalue weighted by atomic mass is 19.4. The zero-order valence-corrected chi connectivity index (χ0v) is 18.0. The molecule has 4 rings (SSSR count). The summed E-state index contributed by atoms with van der Waals surface area (Å²) in [5.41, 5.74) is 0.146. The van der Waals surface area contributed by atoms with Crippen molar-refractivity contribution in [1.82, 2.24) is 9.55 Å². The number of alkyl halides is 3. The molecule has 1 aliphatic rings. The lowest BCUT2D eigenvalue weighted by Gasteiger charge is -2.32.